The highest BCUT2D eigenvalue weighted by Crippen LogP contribution is 2.24. The number of aryl methyl sites for hydroxylation is 2. The van der Waals surface area contributed by atoms with Crippen LogP contribution in [0.5, 0.6) is 5.75 Å². The number of anilines is 1. The molecule has 1 fully saturated rings. The van der Waals surface area contributed by atoms with Crippen molar-refractivity contribution in [3.05, 3.63) is 95.1 Å². The minimum atomic E-state index is -1.32. The van der Waals surface area contributed by atoms with Gasteiger partial charge in [0.2, 0.25) is 0 Å². The normalized spacial score (nSPS) is 15.5. The maximum atomic E-state index is 14.0. The van der Waals surface area contributed by atoms with Crippen LogP contribution in [0.15, 0.2) is 72.8 Å². The summed E-state index contributed by atoms with van der Waals surface area (Å²) in [6, 6.07) is 19.5. The lowest BCUT2D eigenvalue weighted by atomic mass is 10.0. The van der Waals surface area contributed by atoms with Gasteiger partial charge in [0.1, 0.15) is 5.75 Å². The van der Waals surface area contributed by atoms with Crippen LogP contribution in [0, 0.1) is 13.8 Å². The zero-order valence-electron chi connectivity index (χ0n) is 23.3. The maximum Gasteiger partial charge on any atom is 0.323 e. The Morgan fingerprint density at radius 3 is 2.32 bits per heavy atom. The summed E-state index contributed by atoms with van der Waals surface area (Å²) in [7, 11) is 1.52. The lowest BCUT2D eigenvalue weighted by Crippen LogP contribution is -2.64. The van der Waals surface area contributed by atoms with Gasteiger partial charge in [-0.05, 0) is 50.1 Å². The van der Waals surface area contributed by atoms with Crippen molar-refractivity contribution >= 4 is 29.5 Å². The molecule has 0 aliphatic carbocycles. The minimum absolute atomic E-state index is 0.208. The van der Waals surface area contributed by atoms with Crippen LogP contribution in [0.4, 0.5) is 10.5 Å². The number of nitrogens with one attached hydrogen (secondary N) is 2. The molecule has 0 aromatic heterocycles. The summed E-state index contributed by atoms with van der Waals surface area (Å²) in [5.41, 5.74) is 3.33. The number of carboxylic acids is 1. The number of nitrogens with zero attached hydrogens (tertiary/aromatic N) is 2. The van der Waals surface area contributed by atoms with Gasteiger partial charge in [-0.15, -0.1) is 0 Å². The van der Waals surface area contributed by atoms with Crippen LogP contribution in [0.3, 0.4) is 0 Å². The van der Waals surface area contributed by atoms with Crippen LogP contribution < -0.4 is 15.4 Å². The van der Waals surface area contributed by atoms with Crippen molar-refractivity contribution in [2.24, 2.45) is 0 Å². The van der Waals surface area contributed by atoms with Crippen molar-refractivity contribution in [2.45, 2.75) is 38.9 Å². The molecular weight excluding hydrogens is 524 g/mol. The summed E-state index contributed by atoms with van der Waals surface area (Å²) >= 11 is 0. The Hall–Kier alpha value is -4.86. The van der Waals surface area contributed by atoms with E-state index in [0.717, 1.165) is 11.1 Å². The number of hydrogen-bond donors (Lipinski definition) is 3. The third-order valence-electron chi connectivity index (χ3n) is 6.90. The SMILES string of the molecule is COc1cccc(NC(=O)N2CCCN(C(=O)c3ccc(C)cc3)C2C(=O)NC(CC(=O)O)c2cccc(C)c2)c1. The van der Waals surface area contributed by atoms with Gasteiger partial charge in [-0.25, -0.2) is 4.79 Å². The van der Waals surface area contributed by atoms with Gasteiger partial charge in [0, 0.05) is 30.4 Å². The van der Waals surface area contributed by atoms with Crippen LogP contribution in [-0.4, -0.2) is 65.1 Å². The molecule has 1 heterocycles. The molecule has 10 nitrogen and oxygen atoms in total. The molecule has 214 valence electrons. The van der Waals surface area contributed by atoms with Gasteiger partial charge in [-0.3, -0.25) is 19.3 Å². The van der Waals surface area contributed by atoms with Gasteiger partial charge in [-0.1, -0.05) is 53.6 Å². The molecule has 0 bridgehead atoms. The molecule has 1 aliphatic rings. The number of rotatable bonds is 8. The number of carboxylic acid groups (broad SMARTS) is 1. The zero-order valence-corrected chi connectivity index (χ0v) is 23.3. The second kappa shape index (κ2) is 13.0. The van der Waals surface area contributed by atoms with Gasteiger partial charge < -0.3 is 25.4 Å². The van der Waals surface area contributed by atoms with E-state index in [-0.39, 0.29) is 19.5 Å². The van der Waals surface area contributed by atoms with Crippen molar-refractivity contribution in [1.29, 1.82) is 0 Å². The largest absolute Gasteiger partial charge is 0.497 e. The Morgan fingerprint density at radius 1 is 0.927 bits per heavy atom. The molecule has 0 spiro atoms. The van der Waals surface area contributed by atoms with E-state index in [2.05, 4.69) is 10.6 Å². The summed E-state index contributed by atoms with van der Waals surface area (Å²) in [4.78, 5) is 55.6. The predicted octanol–water partition coefficient (Wildman–Crippen LogP) is 4.35. The molecule has 0 radical (unpaired) electrons. The van der Waals surface area contributed by atoms with Crippen molar-refractivity contribution in [3.8, 4) is 5.75 Å². The minimum Gasteiger partial charge on any atom is -0.497 e. The Balaban J connectivity index is 1.68. The Kier molecular flexibility index (Phi) is 9.23. The quantitative estimate of drug-likeness (QED) is 0.377. The summed E-state index contributed by atoms with van der Waals surface area (Å²) in [6.07, 6.45) is -1.24. The molecular formula is C31H34N4O6. The molecule has 1 aliphatic heterocycles. The fourth-order valence-corrected chi connectivity index (χ4v) is 4.85. The fourth-order valence-electron chi connectivity index (χ4n) is 4.85. The van der Waals surface area contributed by atoms with E-state index < -0.39 is 36.0 Å². The molecule has 3 N–H and O–H groups in total. The maximum absolute atomic E-state index is 14.0. The van der Waals surface area contributed by atoms with Gasteiger partial charge in [0.05, 0.1) is 19.6 Å². The summed E-state index contributed by atoms with van der Waals surface area (Å²) in [6.45, 7) is 4.22. The monoisotopic (exact) mass is 558 g/mol. The Morgan fingerprint density at radius 2 is 1.63 bits per heavy atom. The van der Waals surface area contributed by atoms with Crippen LogP contribution in [0.1, 0.15) is 45.9 Å². The predicted molar refractivity (Wildman–Crippen MR) is 154 cm³/mol. The first-order chi connectivity index (χ1) is 19.7. The first-order valence-electron chi connectivity index (χ1n) is 13.3. The number of carbonyl (C=O) groups excluding carboxylic acids is 3. The number of hydrogen-bond acceptors (Lipinski definition) is 5. The Labute approximate surface area is 238 Å². The lowest BCUT2D eigenvalue weighted by Gasteiger charge is -2.43. The molecule has 4 amide bonds. The Bertz CT molecular complexity index is 1420. The van der Waals surface area contributed by atoms with Crippen molar-refractivity contribution in [1.82, 2.24) is 15.1 Å². The third kappa shape index (κ3) is 7.21. The van der Waals surface area contributed by atoms with Gasteiger partial charge in [-0.2, -0.15) is 0 Å². The van der Waals surface area contributed by atoms with Crippen molar-refractivity contribution in [3.63, 3.8) is 0 Å². The second-order valence-electron chi connectivity index (χ2n) is 10.0. The molecule has 3 aromatic rings. The highest BCUT2D eigenvalue weighted by molar-refractivity contribution is 6.00. The number of amides is 4. The topological polar surface area (TPSA) is 128 Å². The van der Waals surface area contributed by atoms with Gasteiger partial charge in [0.15, 0.2) is 6.17 Å². The number of aliphatic carboxylic acids is 1. The molecule has 0 saturated carbocycles. The first kappa shape index (κ1) is 29.1. The average molecular weight is 559 g/mol. The zero-order chi connectivity index (χ0) is 29.5. The number of methoxy groups -OCH3 is 1. The average Bonchev–Trinajstić information content (AvgIpc) is 2.96. The number of benzene rings is 3. The van der Waals surface area contributed by atoms with Crippen molar-refractivity contribution < 1.29 is 29.0 Å². The fraction of sp³-hybridized carbons (Fsp3) is 0.290. The van der Waals surface area contributed by atoms with Gasteiger partial charge >= 0.3 is 12.0 Å². The number of urea groups is 1. The van der Waals surface area contributed by atoms with Crippen molar-refractivity contribution in [2.75, 3.05) is 25.5 Å². The van der Waals surface area contributed by atoms with E-state index in [0.29, 0.717) is 29.0 Å². The van der Waals surface area contributed by atoms with E-state index in [9.17, 15) is 24.3 Å². The summed E-state index contributed by atoms with van der Waals surface area (Å²) < 4.78 is 5.24. The molecule has 10 heteroatoms. The number of ether oxygens (including phenoxy) is 1. The van der Waals surface area contributed by atoms with Crippen LogP contribution in [0.2, 0.25) is 0 Å². The first-order valence-corrected chi connectivity index (χ1v) is 13.3. The lowest BCUT2D eigenvalue weighted by molar-refractivity contribution is -0.138. The van der Waals surface area contributed by atoms with Gasteiger partial charge in [0.25, 0.3) is 11.8 Å². The second-order valence-corrected chi connectivity index (χ2v) is 10.0. The third-order valence-corrected chi connectivity index (χ3v) is 6.90. The molecule has 1 saturated heterocycles. The van der Waals surface area contributed by atoms with Crippen LogP contribution >= 0.6 is 0 Å². The molecule has 3 aromatic carbocycles. The molecule has 2 unspecified atom stereocenters. The molecule has 4 rings (SSSR count). The van der Waals surface area contributed by atoms with E-state index in [1.165, 1.54) is 16.9 Å². The van der Waals surface area contributed by atoms with E-state index in [1.807, 2.05) is 19.9 Å². The summed E-state index contributed by atoms with van der Waals surface area (Å²) in [5, 5.41) is 15.2. The molecule has 41 heavy (non-hydrogen) atoms. The van der Waals surface area contributed by atoms with E-state index >= 15 is 0 Å². The van der Waals surface area contributed by atoms with Crippen LogP contribution in [0.25, 0.3) is 0 Å². The summed E-state index contributed by atoms with van der Waals surface area (Å²) in [5.74, 6) is -1.62. The van der Waals surface area contributed by atoms with E-state index in [1.54, 1.807) is 66.7 Å². The highest BCUT2D eigenvalue weighted by atomic mass is 16.5. The standard InChI is InChI=1S/C31H34N4O6/c1-20-11-13-22(14-12-20)30(39)34-15-6-16-35(31(40)32-24-9-5-10-25(18-24)41-3)29(34)28(38)33-26(19-27(36)37)23-8-4-7-21(2)17-23/h4-5,7-14,17-18,26,29H,6,15-16,19H2,1-3H3,(H,32,40)(H,33,38)(H,36,37). The highest BCUT2D eigenvalue weighted by Gasteiger charge is 2.41. The molecule has 2 atom stereocenters. The van der Waals surface area contributed by atoms with E-state index in [4.69, 9.17) is 4.74 Å². The number of carbonyl (C=O) groups is 4. The van der Waals surface area contributed by atoms with Crippen LogP contribution in [-0.2, 0) is 9.59 Å². The smallest absolute Gasteiger partial charge is 0.323 e.